The fraction of sp³-hybridized carbons (Fsp3) is 0.389. The maximum absolute atomic E-state index is 10.7. The summed E-state index contributed by atoms with van der Waals surface area (Å²) in [5.41, 5.74) is 4.19. The van der Waals surface area contributed by atoms with Crippen LogP contribution in [0.1, 0.15) is 53.5 Å². The molecular weight excluding hydrogens is 542 g/mol. The number of aliphatic hydroxyl groups excluding tert-OH is 3. The highest BCUT2D eigenvalue weighted by atomic mass is 16.5. The monoisotopic (exact) mass is 585 g/mol. The summed E-state index contributed by atoms with van der Waals surface area (Å²) in [6, 6.07) is 30.5. The number of rotatable bonds is 15. The highest BCUT2D eigenvalue weighted by Gasteiger charge is 2.27. The molecule has 5 rings (SSSR count). The number of nitrogens with one attached hydrogen (secondary N) is 1. The summed E-state index contributed by atoms with van der Waals surface area (Å²) in [6.07, 6.45) is 0.104. The Morgan fingerprint density at radius 2 is 1.67 bits per heavy atom. The number of aliphatic hydroxyl groups is 3. The molecule has 0 bridgehead atoms. The molecule has 4 aromatic carbocycles. The largest absolute Gasteiger partial charge is 0.494 e. The van der Waals surface area contributed by atoms with E-state index < -0.39 is 12.2 Å². The van der Waals surface area contributed by atoms with Crippen LogP contribution in [0.15, 0.2) is 91.0 Å². The predicted octanol–water partition coefficient (Wildman–Crippen LogP) is 5.26. The van der Waals surface area contributed by atoms with Crippen molar-refractivity contribution in [2.24, 2.45) is 0 Å². The molecule has 4 atom stereocenters. The van der Waals surface area contributed by atoms with Crippen molar-refractivity contribution < 1.29 is 29.5 Å². The van der Waals surface area contributed by atoms with Gasteiger partial charge in [0.25, 0.3) is 0 Å². The Labute approximate surface area is 254 Å². The predicted molar refractivity (Wildman–Crippen MR) is 168 cm³/mol. The molecule has 0 saturated carbocycles. The van der Waals surface area contributed by atoms with Gasteiger partial charge in [-0.15, -0.1) is 0 Å². The van der Waals surface area contributed by atoms with Crippen molar-refractivity contribution in [3.05, 3.63) is 113 Å². The number of hydrogen-bond acceptors (Lipinski definition) is 7. The third-order valence-electron chi connectivity index (χ3n) is 8.06. The minimum atomic E-state index is -0.960. The lowest BCUT2D eigenvalue weighted by atomic mass is 9.87. The lowest BCUT2D eigenvalue weighted by molar-refractivity contribution is 0.0106. The highest BCUT2D eigenvalue weighted by molar-refractivity contribution is 5.86. The van der Waals surface area contributed by atoms with Crippen molar-refractivity contribution in [3.8, 4) is 5.75 Å². The first kappa shape index (κ1) is 31.1. The van der Waals surface area contributed by atoms with Crippen LogP contribution >= 0.6 is 0 Å². The molecule has 4 aromatic rings. The number of benzene rings is 4. The van der Waals surface area contributed by atoms with E-state index in [2.05, 4.69) is 41.7 Å². The zero-order valence-electron chi connectivity index (χ0n) is 24.6. The number of ether oxygens (including phenoxy) is 3. The zero-order chi connectivity index (χ0) is 29.9. The van der Waals surface area contributed by atoms with Crippen molar-refractivity contribution in [2.75, 3.05) is 32.9 Å². The highest BCUT2D eigenvalue weighted by Crippen LogP contribution is 2.31. The normalized spacial score (nSPS) is 18.4. The molecule has 0 radical (unpaired) electrons. The minimum Gasteiger partial charge on any atom is -0.494 e. The molecule has 0 aliphatic carbocycles. The lowest BCUT2D eigenvalue weighted by Crippen LogP contribution is -2.40. The fourth-order valence-corrected chi connectivity index (χ4v) is 5.70. The van der Waals surface area contributed by atoms with Gasteiger partial charge in [-0.3, -0.25) is 0 Å². The Bertz CT molecular complexity index is 1400. The Kier molecular flexibility index (Phi) is 11.6. The Morgan fingerprint density at radius 3 is 2.49 bits per heavy atom. The molecule has 0 amide bonds. The van der Waals surface area contributed by atoms with Crippen LogP contribution in [-0.2, 0) is 22.7 Å². The van der Waals surface area contributed by atoms with Gasteiger partial charge in [0.2, 0.25) is 0 Å². The van der Waals surface area contributed by atoms with Crippen molar-refractivity contribution >= 4 is 10.8 Å². The summed E-state index contributed by atoms with van der Waals surface area (Å²) in [7, 11) is 0. The second-order valence-electron chi connectivity index (χ2n) is 11.2. The quantitative estimate of drug-likeness (QED) is 0.141. The van der Waals surface area contributed by atoms with E-state index in [9.17, 15) is 15.3 Å². The molecule has 43 heavy (non-hydrogen) atoms. The maximum Gasteiger partial charge on any atom is 0.119 e. The van der Waals surface area contributed by atoms with Crippen molar-refractivity contribution in [3.63, 3.8) is 0 Å². The zero-order valence-corrected chi connectivity index (χ0v) is 24.6. The molecule has 0 aromatic heterocycles. The summed E-state index contributed by atoms with van der Waals surface area (Å²) < 4.78 is 18.2. The summed E-state index contributed by atoms with van der Waals surface area (Å²) in [5, 5.41) is 35.2. The van der Waals surface area contributed by atoms with Crippen LogP contribution in [0.4, 0.5) is 0 Å². The molecule has 0 spiro atoms. The van der Waals surface area contributed by atoms with E-state index in [-0.39, 0.29) is 25.0 Å². The first-order valence-corrected chi connectivity index (χ1v) is 15.3. The van der Waals surface area contributed by atoms with E-state index in [1.807, 2.05) is 54.6 Å². The number of hydrogen-bond donors (Lipinski definition) is 4. The SMILES string of the molecule is OC[C@@H](O)CC(O)c1cccc2ccc(CO[C@H]3CNCC[C@@H]3c3ccc(OCCCOCc4ccccc4)cc3)cc12. The molecule has 1 saturated heterocycles. The average molecular weight is 586 g/mol. The van der Waals surface area contributed by atoms with Gasteiger partial charge in [-0.1, -0.05) is 72.8 Å². The van der Waals surface area contributed by atoms with Crippen molar-refractivity contribution in [1.82, 2.24) is 5.32 Å². The van der Waals surface area contributed by atoms with Crippen molar-refractivity contribution in [1.29, 1.82) is 0 Å². The summed E-state index contributed by atoms with van der Waals surface area (Å²) in [5.74, 6) is 1.14. The molecule has 7 heteroatoms. The topological polar surface area (TPSA) is 100 Å². The van der Waals surface area contributed by atoms with Crippen LogP contribution < -0.4 is 10.1 Å². The van der Waals surface area contributed by atoms with Gasteiger partial charge in [-0.25, -0.2) is 0 Å². The van der Waals surface area contributed by atoms with Gasteiger partial charge in [0.1, 0.15) is 5.75 Å². The van der Waals surface area contributed by atoms with E-state index >= 15 is 0 Å². The molecular formula is C36H43NO6. The molecule has 228 valence electrons. The van der Waals surface area contributed by atoms with Crippen LogP contribution in [0, 0.1) is 0 Å². The molecule has 1 fully saturated rings. The average Bonchev–Trinajstić information content (AvgIpc) is 3.05. The van der Waals surface area contributed by atoms with Gasteiger partial charge >= 0.3 is 0 Å². The lowest BCUT2D eigenvalue weighted by Gasteiger charge is -2.32. The second kappa shape index (κ2) is 16.0. The van der Waals surface area contributed by atoms with E-state index in [1.54, 1.807) is 0 Å². The van der Waals surface area contributed by atoms with Gasteiger partial charge in [0.15, 0.2) is 0 Å². The van der Waals surface area contributed by atoms with Gasteiger partial charge in [0.05, 0.1) is 51.3 Å². The standard InChI is InChI=1S/C36H43NO6/c38-23-30(39)21-35(40)33-9-4-8-28-11-10-27(20-34(28)33)25-43-36-22-37-17-16-32(36)29-12-14-31(15-13-29)42-19-5-18-41-24-26-6-2-1-3-7-26/h1-4,6-15,20,30,32,35-40H,5,16-19,21-25H2/t30-,32+,35?,36-/m0/s1. The molecule has 1 aliphatic heterocycles. The molecule has 1 heterocycles. The first-order chi connectivity index (χ1) is 21.1. The van der Waals surface area contributed by atoms with Crippen LogP contribution in [-0.4, -0.2) is 60.4 Å². The van der Waals surface area contributed by atoms with Gasteiger partial charge in [-0.05, 0) is 64.2 Å². The number of fused-ring (bicyclic) bond motifs is 1. The number of piperidine rings is 1. The van der Waals surface area contributed by atoms with E-state index in [1.165, 1.54) is 11.1 Å². The van der Waals surface area contributed by atoms with E-state index in [4.69, 9.17) is 14.2 Å². The minimum absolute atomic E-state index is 0.0264. The van der Waals surface area contributed by atoms with E-state index in [0.717, 1.165) is 53.6 Å². The molecule has 1 unspecified atom stereocenters. The third-order valence-corrected chi connectivity index (χ3v) is 8.06. The maximum atomic E-state index is 10.7. The van der Waals surface area contributed by atoms with Crippen LogP contribution in [0.5, 0.6) is 5.75 Å². The van der Waals surface area contributed by atoms with Crippen LogP contribution in [0.3, 0.4) is 0 Å². The first-order valence-electron chi connectivity index (χ1n) is 15.3. The summed E-state index contributed by atoms with van der Waals surface area (Å²) in [4.78, 5) is 0. The Hall–Kier alpha value is -3.30. The van der Waals surface area contributed by atoms with E-state index in [0.29, 0.717) is 26.4 Å². The molecule has 4 N–H and O–H groups in total. The Morgan fingerprint density at radius 1 is 0.837 bits per heavy atom. The van der Waals surface area contributed by atoms with Crippen molar-refractivity contribution in [2.45, 2.75) is 56.7 Å². The summed E-state index contributed by atoms with van der Waals surface area (Å²) in [6.45, 7) is 3.70. The Balaban J connectivity index is 1.14. The van der Waals surface area contributed by atoms with Crippen LogP contribution in [0.25, 0.3) is 10.8 Å². The fourth-order valence-electron chi connectivity index (χ4n) is 5.70. The molecule has 1 aliphatic rings. The molecule has 7 nitrogen and oxygen atoms in total. The second-order valence-corrected chi connectivity index (χ2v) is 11.2. The summed E-state index contributed by atoms with van der Waals surface area (Å²) >= 11 is 0. The van der Waals surface area contributed by atoms with Gasteiger partial charge < -0.3 is 34.8 Å². The van der Waals surface area contributed by atoms with Crippen LogP contribution in [0.2, 0.25) is 0 Å². The van der Waals surface area contributed by atoms with Gasteiger partial charge in [0, 0.05) is 25.3 Å². The third kappa shape index (κ3) is 8.86. The smallest absolute Gasteiger partial charge is 0.119 e. The van der Waals surface area contributed by atoms with Gasteiger partial charge in [-0.2, -0.15) is 0 Å².